The van der Waals surface area contributed by atoms with Crippen LogP contribution in [0.3, 0.4) is 0 Å². The van der Waals surface area contributed by atoms with E-state index in [4.69, 9.17) is 0 Å². The first-order valence-corrected chi connectivity index (χ1v) is 10.1. The molecule has 0 aliphatic carbocycles. The number of hydrazone groups is 1. The number of nitrogens with one attached hydrogen (secondary N) is 2. The van der Waals surface area contributed by atoms with E-state index in [1.165, 1.54) is 36.5 Å². The van der Waals surface area contributed by atoms with E-state index >= 15 is 0 Å². The van der Waals surface area contributed by atoms with Gasteiger partial charge in [-0.3, -0.25) is 9.59 Å². The van der Waals surface area contributed by atoms with Crippen LogP contribution in [0.1, 0.15) is 26.3 Å². The van der Waals surface area contributed by atoms with Crippen LogP contribution in [0.25, 0.3) is 0 Å². The topological polar surface area (TPSA) is 90.8 Å². The molecular formula is C21H14Br2FN3O3. The Morgan fingerprint density at radius 1 is 0.967 bits per heavy atom. The molecule has 30 heavy (non-hydrogen) atoms. The number of hydrogen-bond donors (Lipinski definition) is 3. The predicted octanol–water partition coefficient (Wildman–Crippen LogP) is 5.07. The van der Waals surface area contributed by atoms with Gasteiger partial charge in [-0.05, 0) is 70.5 Å². The molecule has 6 nitrogen and oxygen atoms in total. The number of amides is 2. The lowest BCUT2D eigenvalue weighted by Gasteiger charge is -2.07. The van der Waals surface area contributed by atoms with E-state index in [1.54, 1.807) is 30.3 Å². The van der Waals surface area contributed by atoms with E-state index in [1.807, 2.05) is 0 Å². The maximum atomic E-state index is 13.0. The lowest BCUT2D eigenvalue weighted by Crippen LogP contribution is -2.18. The number of benzene rings is 3. The van der Waals surface area contributed by atoms with E-state index in [2.05, 4.69) is 47.7 Å². The molecular weight excluding hydrogens is 521 g/mol. The summed E-state index contributed by atoms with van der Waals surface area (Å²) in [5, 5.41) is 16.5. The predicted molar refractivity (Wildman–Crippen MR) is 119 cm³/mol. The lowest BCUT2D eigenvalue weighted by atomic mass is 10.1. The Bertz CT molecular complexity index is 1130. The van der Waals surface area contributed by atoms with Gasteiger partial charge in [0.15, 0.2) is 0 Å². The molecule has 0 radical (unpaired) electrons. The molecule has 0 atom stereocenters. The smallest absolute Gasteiger partial charge is 0.271 e. The number of hydrogen-bond acceptors (Lipinski definition) is 4. The molecule has 152 valence electrons. The van der Waals surface area contributed by atoms with Gasteiger partial charge in [-0.2, -0.15) is 5.10 Å². The van der Waals surface area contributed by atoms with Crippen LogP contribution in [0, 0.1) is 5.82 Å². The monoisotopic (exact) mass is 533 g/mol. The second kappa shape index (κ2) is 9.64. The normalized spacial score (nSPS) is 10.8. The van der Waals surface area contributed by atoms with Crippen LogP contribution in [0.2, 0.25) is 0 Å². The van der Waals surface area contributed by atoms with Crippen molar-refractivity contribution in [3.8, 4) is 5.75 Å². The Kier molecular flexibility index (Phi) is 6.96. The highest BCUT2D eigenvalue weighted by Gasteiger charge is 2.10. The molecule has 2 amide bonds. The minimum atomic E-state index is -0.502. The first kappa shape index (κ1) is 21.7. The number of carbonyl (C=O) groups excluding carboxylic acids is 2. The van der Waals surface area contributed by atoms with Crippen molar-refractivity contribution in [2.45, 2.75) is 0 Å². The van der Waals surface area contributed by atoms with Gasteiger partial charge >= 0.3 is 0 Å². The van der Waals surface area contributed by atoms with E-state index in [0.29, 0.717) is 15.7 Å². The Morgan fingerprint density at radius 3 is 2.43 bits per heavy atom. The number of aromatic hydroxyl groups is 1. The van der Waals surface area contributed by atoms with Crippen LogP contribution in [0.5, 0.6) is 5.75 Å². The number of nitrogens with zero attached hydrogens (tertiary/aromatic N) is 1. The molecule has 0 saturated heterocycles. The largest absolute Gasteiger partial charge is 0.506 e. The van der Waals surface area contributed by atoms with Crippen molar-refractivity contribution >= 4 is 55.6 Å². The molecule has 3 N–H and O–H groups in total. The Balaban J connectivity index is 1.67. The summed E-state index contributed by atoms with van der Waals surface area (Å²) in [6, 6.07) is 14.7. The zero-order valence-electron chi connectivity index (χ0n) is 15.2. The molecule has 3 rings (SSSR count). The van der Waals surface area contributed by atoms with Crippen molar-refractivity contribution in [3.63, 3.8) is 0 Å². The summed E-state index contributed by atoms with van der Waals surface area (Å²) in [4.78, 5) is 24.6. The molecule has 9 heteroatoms. The molecule has 0 spiro atoms. The van der Waals surface area contributed by atoms with Crippen molar-refractivity contribution in [2.24, 2.45) is 5.10 Å². The zero-order valence-corrected chi connectivity index (χ0v) is 18.4. The fraction of sp³-hybridized carbons (Fsp3) is 0. The number of carbonyl (C=O) groups is 2. The third-order valence-electron chi connectivity index (χ3n) is 3.92. The third kappa shape index (κ3) is 5.52. The number of phenolic OH excluding ortho intramolecular Hbond substituents is 1. The zero-order chi connectivity index (χ0) is 21.7. The van der Waals surface area contributed by atoms with Gasteiger partial charge in [0, 0.05) is 26.9 Å². The fourth-order valence-corrected chi connectivity index (χ4v) is 3.71. The standard InChI is InChI=1S/C21H14Br2FN3O3/c22-15-8-14(19(28)18(23)10-15)11-25-27-21(30)13-2-1-3-17(9-13)26-20(29)12-4-6-16(24)7-5-12/h1-11,28H,(H,26,29)(H,27,30). The van der Waals surface area contributed by atoms with Crippen LogP contribution in [-0.2, 0) is 0 Å². The first-order valence-electron chi connectivity index (χ1n) is 8.52. The van der Waals surface area contributed by atoms with Crippen LogP contribution < -0.4 is 10.7 Å². The van der Waals surface area contributed by atoms with Crippen molar-refractivity contribution < 1.29 is 19.1 Å². The van der Waals surface area contributed by atoms with E-state index in [0.717, 1.165) is 4.47 Å². The Morgan fingerprint density at radius 2 is 1.70 bits per heavy atom. The van der Waals surface area contributed by atoms with Crippen molar-refractivity contribution in [2.75, 3.05) is 5.32 Å². The average molecular weight is 535 g/mol. The second-order valence-electron chi connectivity index (χ2n) is 6.07. The minimum Gasteiger partial charge on any atom is -0.506 e. The molecule has 0 aromatic heterocycles. The summed E-state index contributed by atoms with van der Waals surface area (Å²) >= 11 is 6.53. The van der Waals surface area contributed by atoms with Crippen molar-refractivity contribution in [1.82, 2.24) is 5.43 Å². The molecule has 0 aliphatic heterocycles. The van der Waals surface area contributed by atoms with Gasteiger partial charge in [-0.1, -0.05) is 22.0 Å². The average Bonchev–Trinajstić information content (AvgIpc) is 2.72. The van der Waals surface area contributed by atoms with Gasteiger partial charge in [-0.15, -0.1) is 0 Å². The summed E-state index contributed by atoms with van der Waals surface area (Å²) in [5.74, 6) is -1.38. The number of halogens is 3. The summed E-state index contributed by atoms with van der Waals surface area (Å²) < 4.78 is 14.2. The molecule has 0 bridgehead atoms. The van der Waals surface area contributed by atoms with Gasteiger partial charge in [0.1, 0.15) is 11.6 Å². The van der Waals surface area contributed by atoms with Gasteiger partial charge in [0.2, 0.25) is 0 Å². The van der Waals surface area contributed by atoms with Crippen molar-refractivity contribution in [3.05, 3.63) is 92.1 Å². The summed E-state index contributed by atoms with van der Waals surface area (Å²) in [6.07, 6.45) is 1.31. The van der Waals surface area contributed by atoms with Crippen molar-refractivity contribution in [1.29, 1.82) is 0 Å². The molecule has 3 aromatic rings. The highest BCUT2D eigenvalue weighted by molar-refractivity contribution is 9.11. The summed E-state index contributed by atoms with van der Waals surface area (Å²) in [7, 11) is 0. The molecule has 0 heterocycles. The minimum absolute atomic E-state index is 0.0123. The number of phenols is 1. The number of anilines is 1. The van der Waals surface area contributed by atoms with Crippen LogP contribution in [0.4, 0.5) is 10.1 Å². The molecule has 3 aromatic carbocycles. The summed E-state index contributed by atoms with van der Waals surface area (Å²) in [5.41, 5.74) is 3.72. The molecule has 0 saturated carbocycles. The molecule has 0 aliphatic rings. The Labute approximate surface area is 188 Å². The second-order valence-corrected chi connectivity index (χ2v) is 7.84. The van der Waals surface area contributed by atoms with E-state index < -0.39 is 17.6 Å². The van der Waals surface area contributed by atoms with Gasteiger partial charge in [0.25, 0.3) is 11.8 Å². The maximum absolute atomic E-state index is 13.0. The molecule has 0 unspecified atom stereocenters. The van der Waals surface area contributed by atoms with Crippen LogP contribution in [0.15, 0.2) is 74.7 Å². The third-order valence-corrected chi connectivity index (χ3v) is 4.98. The highest BCUT2D eigenvalue weighted by Crippen LogP contribution is 2.30. The van der Waals surface area contributed by atoms with Crippen LogP contribution >= 0.6 is 31.9 Å². The van der Waals surface area contributed by atoms with E-state index in [9.17, 15) is 19.1 Å². The quantitative estimate of drug-likeness (QED) is 0.315. The number of rotatable bonds is 5. The fourth-order valence-electron chi connectivity index (χ4n) is 2.45. The van der Waals surface area contributed by atoms with Crippen LogP contribution in [-0.4, -0.2) is 23.1 Å². The first-order chi connectivity index (χ1) is 14.3. The summed E-state index contributed by atoms with van der Waals surface area (Å²) in [6.45, 7) is 0. The SMILES string of the molecule is O=C(NN=Cc1cc(Br)cc(Br)c1O)c1cccc(NC(=O)c2ccc(F)cc2)c1. The van der Waals surface area contributed by atoms with Gasteiger partial charge in [0.05, 0.1) is 10.7 Å². The molecule has 0 fully saturated rings. The Hall–Kier alpha value is -3.04. The maximum Gasteiger partial charge on any atom is 0.271 e. The highest BCUT2D eigenvalue weighted by atomic mass is 79.9. The lowest BCUT2D eigenvalue weighted by molar-refractivity contribution is 0.0953. The van der Waals surface area contributed by atoms with Gasteiger partial charge in [-0.25, -0.2) is 9.82 Å². The van der Waals surface area contributed by atoms with Gasteiger partial charge < -0.3 is 10.4 Å². The van der Waals surface area contributed by atoms with E-state index in [-0.39, 0.29) is 16.9 Å².